The van der Waals surface area contributed by atoms with Crippen LogP contribution in [0.4, 0.5) is 0 Å². The summed E-state index contributed by atoms with van der Waals surface area (Å²) in [5.74, 6) is -0.179. The van der Waals surface area contributed by atoms with Gasteiger partial charge >= 0.3 is 0 Å². The molecule has 110 valence electrons. The smallest absolute Gasteiger partial charge is 0.250 e. The highest BCUT2D eigenvalue weighted by atomic mass is 16.2. The fourth-order valence-corrected chi connectivity index (χ4v) is 2.35. The summed E-state index contributed by atoms with van der Waals surface area (Å²) < 4.78 is 1.38. The molecule has 3 aromatic rings. The molecule has 1 heterocycles. The lowest BCUT2D eigenvalue weighted by molar-refractivity contribution is -0.121. The molecule has 0 aliphatic rings. The number of amides is 1. The van der Waals surface area contributed by atoms with Crippen molar-refractivity contribution in [3.8, 4) is 0 Å². The third-order valence-corrected chi connectivity index (χ3v) is 3.52. The van der Waals surface area contributed by atoms with E-state index < -0.39 is 0 Å². The van der Waals surface area contributed by atoms with Gasteiger partial charge in [-0.1, -0.05) is 42.5 Å². The lowest BCUT2D eigenvalue weighted by Crippen LogP contribution is -2.31. The molecule has 0 fully saturated rings. The number of carbonyl (C=O) groups excluding carboxylic acids is 1. The van der Waals surface area contributed by atoms with Crippen LogP contribution in [0, 0.1) is 0 Å². The number of pyridine rings is 1. The predicted molar refractivity (Wildman–Crippen MR) is 86.5 cm³/mol. The van der Waals surface area contributed by atoms with E-state index >= 15 is 0 Å². The zero-order chi connectivity index (χ0) is 15.4. The zero-order valence-corrected chi connectivity index (χ0v) is 12.0. The van der Waals surface area contributed by atoms with E-state index in [4.69, 9.17) is 0 Å². The Morgan fingerprint density at radius 3 is 2.55 bits per heavy atom. The molecule has 0 aliphatic heterocycles. The van der Waals surface area contributed by atoms with Crippen LogP contribution in [-0.4, -0.2) is 10.5 Å². The molecule has 0 bridgehead atoms. The second kappa shape index (κ2) is 6.26. The van der Waals surface area contributed by atoms with Gasteiger partial charge in [-0.3, -0.25) is 9.59 Å². The molecule has 3 rings (SSSR count). The molecule has 0 saturated heterocycles. The van der Waals surface area contributed by atoms with Gasteiger partial charge in [-0.2, -0.15) is 0 Å². The van der Waals surface area contributed by atoms with Gasteiger partial charge in [0.05, 0.1) is 0 Å². The molecule has 0 unspecified atom stereocenters. The highest BCUT2D eigenvalue weighted by Crippen LogP contribution is 2.15. The number of fused-ring (bicyclic) bond motifs is 1. The minimum Gasteiger partial charge on any atom is -0.350 e. The first-order chi connectivity index (χ1) is 10.7. The van der Waals surface area contributed by atoms with Crippen LogP contribution >= 0.6 is 0 Å². The molecule has 0 aliphatic carbocycles. The quantitative estimate of drug-likeness (QED) is 0.802. The summed E-state index contributed by atoms with van der Waals surface area (Å²) in [6.07, 6.45) is 1.61. The third kappa shape index (κ3) is 3.23. The fraction of sp³-hybridized carbons (Fsp3) is 0.111. The number of carbonyl (C=O) groups is 1. The predicted octanol–water partition coefficient (Wildman–Crippen LogP) is 2.32. The Hall–Kier alpha value is -2.88. The van der Waals surface area contributed by atoms with Crippen molar-refractivity contribution in [3.05, 3.63) is 82.8 Å². The van der Waals surface area contributed by atoms with E-state index in [1.807, 2.05) is 30.3 Å². The Balaban J connectivity index is 1.65. The van der Waals surface area contributed by atoms with Gasteiger partial charge in [-0.25, -0.2) is 0 Å². The van der Waals surface area contributed by atoms with Gasteiger partial charge in [0.25, 0.3) is 5.56 Å². The molecular formula is C18H16N2O2. The van der Waals surface area contributed by atoms with Crippen molar-refractivity contribution in [3.63, 3.8) is 0 Å². The summed E-state index contributed by atoms with van der Waals surface area (Å²) >= 11 is 0. The number of hydrogen-bond acceptors (Lipinski definition) is 2. The summed E-state index contributed by atoms with van der Waals surface area (Å²) in [7, 11) is 0. The highest BCUT2D eigenvalue weighted by Gasteiger charge is 2.04. The van der Waals surface area contributed by atoms with E-state index in [9.17, 15) is 9.59 Å². The molecule has 1 aromatic heterocycles. The summed E-state index contributed by atoms with van der Waals surface area (Å²) in [5.41, 5.74) is 0.857. The Bertz CT molecular complexity index is 868. The first kappa shape index (κ1) is 14.1. The molecule has 2 aromatic carbocycles. The minimum atomic E-state index is -0.179. The van der Waals surface area contributed by atoms with E-state index in [2.05, 4.69) is 17.4 Å². The van der Waals surface area contributed by atoms with Crippen molar-refractivity contribution >= 4 is 16.7 Å². The van der Waals surface area contributed by atoms with Gasteiger partial charge in [0.1, 0.15) is 6.54 Å². The van der Waals surface area contributed by atoms with Gasteiger partial charge in [0, 0.05) is 18.8 Å². The standard InChI is InChI=1S/C18H16N2O2/c21-17(13-20-10-4-3-7-18(20)22)19-12-14-8-9-15-5-1-2-6-16(15)11-14/h1-11H,12-13H2,(H,19,21). The number of aromatic nitrogens is 1. The van der Waals surface area contributed by atoms with Crippen LogP contribution in [0.15, 0.2) is 71.7 Å². The largest absolute Gasteiger partial charge is 0.350 e. The third-order valence-electron chi connectivity index (χ3n) is 3.52. The highest BCUT2D eigenvalue weighted by molar-refractivity contribution is 5.83. The zero-order valence-electron chi connectivity index (χ0n) is 12.0. The van der Waals surface area contributed by atoms with Crippen molar-refractivity contribution in [1.29, 1.82) is 0 Å². The van der Waals surface area contributed by atoms with Crippen molar-refractivity contribution in [1.82, 2.24) is 9.88 Å². The van der Waals surface area contributed by atoms with Crippen LogP contribution in [0.1, 0.15) is 5.56 Å². The fourth-order valence-electron chi connectivity index (χ4n) is 2.35. The van der Waals surface area contributed by atoms with Gasteiger partial charge in [-0.05, 0) is 28.5 Å². The second-order valence-electron chi connectivity index (χ2n) is 5.13. The van der Waals surface area contributed by atoms with Crippen LogP contribution in [0.25, 0.3) is 10.8 Å². The Kier molecular flexibility index (Phi) is 4.01. The average molecular weight is 292 g/mol. The SMILES string of the molecule is O=C(Cn1ccccc1=O)NCc1ccc2ccccc2c1. The average Bonchev–Trinajstić information content (AvgIpc) is 2.55. The lowest BCUT2D eigenvalue weighted by atomic mass is 10.1. The van der Waals surface area contributed by atoms with Crippen LogP contribution in [0.3, 0.4) is 0 Å². The Morgan fingerprint density at radius 1 is 0.955 bits per heavy atom. The Morgan fingerprint density at radius 2 is 1.73 bits per heavy atom. The van der Waals surface area contributed by atoms with Gasteiger partial charge in [-0.15, -0.1) is 0 Å². The first-order valence-corrected chi connectivity index (χ1v) is 7.12. The molecule has 0 atom stereocenters. The maximum atomic E-state index is 11.9. The van der Waals surface area contributed by atoms with Gasteiger partial charge < -0.3 is 9.88 Å². The topological polar surface area (TPSA) is 51.1 Å². The van der Waals surface area contributed by atoms with Gasteiger partial charge in [0.2, 0.25) is 5.91 Å². The molecule has 4 nitrogen and oxygen atoms in total. The van der Waals surface area contributed by atoms with E-state index in [0.29, 0.717) is 6.54 Å². The molecule has 0 spiro atoms. The minimum absolute atomic E-state index is 0.0350. The number of rotatable bonds is 4. The molecule has 22 heavy (non-hydrogen) atoms. The molecule has 0 saturated carbocycles. The summed E-state index contributed by atoms with van der Waals surface area (Å²) in [5, 5.41) is 5.16. The van der Waals surface area contributed by atoms with Gasteiger partial charge in [0.15, 0.2) is 0 Å². The number of nitrogens with zero attached hydrogens (tertiary/aromatic N) is 1. The lowest BCUT2D eigenvalue weighted by Gasteiger charge is -2.08. The van der Waals surface area contributed by atoms with E-state index in [0.717, 1.165) is 10.9 Å². The summed E-state index contributed by atoms with van der Waals surface area (Å²) in [6.45, 7) is 0.485. The number of benzene rings is 2. The molecule has 1 amide bonds. The summed E-state index contributed by atoms with van der Waals surface area (Å²) in [4.78, 5) is 23.5. The molecule has 4 heteroatoms. The van der Waals surface area contributed by atoms with Crippen LogP contribution in [-0.2, 0) is 17.9 Å². The number of hydrogen-bond donors (Lipinski definition) is 1. The summed E-state index contributed by atoms with van der Waals surface area (Å²) in [6, 6.07) is 19.0. The maximum absolute atomic E-state index is 11.9. The second-order valence-corrected chi connectivity index (χ2v) is 5.13. The van der Waals surface area contributed by atoms with E-state index in [-0.39, 0.29) is 18.0 Å². The van der Waals surface area contributed by atoms with Crippen LogP contribution in [0.2, 0.25) is 0 Å². The van der Waals surface area contributed by atoms with Crippen LogP contribution < -0.4 is 10.9 Å². The molecule has 0 radical (unpaired) electrons. The molecule has 1 N–H and O–H groups in total. The van der Waals surface area contributed by atoms with Crippen molar-refractivity contribution in [2.45, 2.75) is 13.1 Å². The van der Waals surface area contributed by atoms with Crippen LogP contribution in [0.5, 0.6) is 0 Å². The number of nitrogens with one attached hydrogen (secondary N) is 1. The van der Waals surface area contributed by atoms with E-state index in [1.54, 1.807) is 18.3 Å². The first-order valence-electron chi connectivity index (χ1n) is 7.12. The van der Waals surface area contributed by atoms with E-state index in [1.165, 1.54) is 16.0 Å². The monoisotopic (exact) mass is 292 g/mol. The normalized spacial score (nSPS) is 10.5. The van der Waals surface area contributed by atoms with Crippen molar-refractivity contribution in [2.75, 3.05) is 0 Å². The Labute approximate surface area is 128 Å². The van der Waals surface area contributed by atoms with Crippen molar-refractivity contribution < 1.29 is 4.79 Å². The van der Waals surface area contributed by atoms with Crippen molar-refractivity contribution in [2.24, 2.45) is 0 Å². The maximum Gasteiger partial charge on any atom is 0.250 e. The molecular weight excluding hydrogens is 276 g/mol.